The number of rotatable bonds is 11. The highest BCUT2D eigenvalue weighted by Crippen LogP contribution is 2.25. The number of carbonyl (C=O) groups is 3. The average Bonchev–Trinajstić information content (AvgIpc) is 2.71. The van der Waals surface area contributed by atoms with E-state index in [2.05, 4.69) is 0 Å². The largest absolute Gasteiger partial charge is 0.457 e. The van der Waals surface area contributed by atoms with Gasteiger partial charge in [0.2, 0.25) is 11.7 Å². The molecule has 0 spiro atoms. The van der Waals surface area contributed by atoms with Gasteiger partial charge < -0.3 is 15.4 Å². The minimum Gasteiger partial charge on any atom is -0.457 e. The molecule has 0 aliphatic heterocycles. The number of unbranched alkanes of at least 4 members (excludes halogenated alkanes) is 3. The minimum atomic E-state index is -0.548. The molecule has 6 nitrogen and oxygen atoms in total. The maximum absolute atomic E-state index is 12.3. The fourth-order valence-corrected chi connectivity index (χ4v) is 2.85. The van der Waals surface area contributed by atoms with Gasteiger partial charge in [-0.2, -0.15) is 0 Å². The molecule has 0 atom stereocenters. The minimum absolute atomic E-state index is 0.192. The molecule has 2 amide bonds. The standard InChI is InChI=1S/C22H25ClN2O4/c1-25(22(28)20(26)6-4-2-3-5-7-21(24)27)17-10-14-19(15-11-17)29-18-12-8-16(23)9-13-18/h8-15H,2-7H2,1H3,(H2,24,27). The summed E-state index contributed by atoms with van der Waals surface area (Å²) in [5.74, 6) is -0.0309. The van der Waals surface area contributed by atoms with E-state index in [1.165, 1.54) is 4.90 Å². The number of carbonyl (C=O) groups excluding carboxylic acids is 3. The summed E-state index contributed by atoms with van der Waals surface area (Å²) in [4.78, 5) is 36.5. The molecular formula is C22H25ClN2O4. The van der Waals surface area contributed by atoms with E-state index in [4.69, 9.17) is 22.1 Å². The zero-order valence-corrected chi connectivity index (χ0v) is 17.2. The van der Waals surface area contributed by atoms with Crippen molar-refractivity contribution in [2.24, 2.45) is 5.73 Å². The van der Waals surface area contributed by atoms with Crippen LogP contribution in [0.3, 0.4) is 0 Å². The number of halogens is 1. The Balaban J connectivity index is 1.81. The maximum atomic E-state index is 12.3. The fourth-order valence-electron chi connectivity index (χ4n) is 2.73. The normalized spacial score (nSPS) is 10.4. The Morgan fingerprint density at radius 3 is 1.93 bits per heavy atom. The van der Waals surface area contributed by atoms with Crippen LogP contribution in [-0.2, 0) is 14.4 Å². The SMILES string of the molecule is CN(C(=O)C(=O)CCCCCCC(N)=O)c1ccc(Oc2ccc(Cl)cc2)cc1. The van der Waals surface area contributed by atoms with Crippen LogP contribution in [0.4, 0.5) is 5.69 Å². The second-order valence-corrected chi connectivity index (χ2v) is 7.15. The smallest absolute Gasteiger partial charge is 0.294 e. The van der Waals surface area contributed by atoms with E-state index in [1.54, 1.807) is 55.6 Å². The second-order valence-electron chi connectivity index (χ2n) is 6.72. The second kappa shape index (κ2) is 11.2. The third-order valence-electron chi connectivity index (χ3n) is 4.39. The monoisotopic (exact) mass is 416 g/mol. The first-order valence-electron chi connectivity index (χ1n) is 9.49. The highest BCUT2D eigenvalue weighted by Gasteiger charge is 2.19. The van der Waals surface area contributed by atoms with Crippen molar-refractivity contribution in [3.63, 3.8) is 0 Å². The average molecular weight is 417 g/mol. The molecule has 29 heavy (non-hydrogen) atoms. The molecule has 154 valence electrons. The van der Waals surface area contributed by atoms with Crippen LogP contribution in [0.15, 0.2) is 48.5 Å². The summed E-state index contributed by atoms with van der Waals surface area (Å²) in [6, 6.07) is 13.9. The van der Waals surface area contributed by atoms with Gasteiger partial charge in [0.15, 0.2) is 0 Å². The van der Waals surface area contributed by atoms with Gasteiger partial charge in [-0.3, -0.25) is 14.4 Å². The van der Waals surface area contributed by atoms with Crippen molar-refractivity contribution in [1.29, 1.82) is 0 Å². The van der Waals surface area contributed by atoms with Gasteiger partial charge in [-0.05, 0) is 61.4 Å². The zero-order valence-electron chi connectivity index (χ0n) is 16.4. The van der Waals surface area contributed by atoms with Crippen molar-refractivity contribution in [3.05, 3.63) is 53.6 Å². The lowest BCUT2D eigenvalue weighted by Crippen LogP contribution is -2.33. The number of benzene rings is 2. The Bertz CT molecular complexity index is 835. The van der Waals surface area contributed by atoms with Gasteiger partial charge in [0.25, 0.3) is 5.91 Å². The number of Topliss-reactive ketones (excluding diaryl/α,β-unsaturated/α-hetero) is 1. The molecule has 0 radical (unpaired) electrons. The molecule has 0 aliphatic rings. The van der Waals surface area contributed by atoms with Gasteiger partial charge in [-0.25, -0.2) is 0 Å². The van der Waals surface area contributed by atoms with Gasteiger partial charge in [0, 0.05) is 30.6 Å². The summed E-state index contributed by atoms with van der Waals surface area (Å²) in [6.45, 7) is 0. The van der Waals surface area contributed by atoms with Crippen LogP contribution in [0.1, 0.15) is 38.5 Å². The van der Waals surface area contributed by atoms with Crippen LogP contribution in [0.25, 0.3) is 0 Å². The lowest BCUT2D eigenvalue weighted by molar-refractivity contribution is -0.136. The Kier molecular flexibility index (Phi) is 8.68. The molecule has 2 N–H and O–H groups in total. The van der Waals surface area contributed by atoms with Gasteiger partial charge >= 0.3 is 0 Å². The third kappa shape index (κ3) is 7.58. The Hall–Kier alpha value is -2.86. The van der Waals surface area contributed by atoms with Crippen molar-refractivity contribution in [1.82, 2.24) is 0 Å². The Morgan fingerprint density at radius 2 is 1.38 bits per heavy atom. The van der Waals surface area contributed by atoms with Gasteiger partial charge in [-0.15, -0.1) is 0 Å². The fraction of sp³-hybridized carbons (Fsp3) is 0.318. The van der Waals surface area contributed by atoms with Crippen LogP contribution in [-0.4, -0.2) is 24.6 Å². The van der Waals surface area contributed by atoms with E-state index in [9.17, 15) is 14.4 Å². The van der Waals surface area contributed by atoms with Crippen molar-refractivity contribution in [2.45, 2.75) is 38.5 Å². The molecule has 2 rings (SSSR count). The molecule has 0 saturated heterocycles. The predicted molar refractivity (Wildman–Crippen MR) is 113 cm³/mol. The van der Waals surface area contributed by atoms with E-state index in [0.717, 1.165) is 12.8 Å². The zero-order chi connectivity index (χ0) is 21.2. The predicted octanol–water partition coefficient (Wildman–Crippen LogP) is 4.49. The molecule has 0 saturated carbocycles. The summed E-state index contributed by atoms with van der Waals surface area (Å²) in [5, 5.41) is 0.628. The summed E-state index contributed by atoms with van der Waals surface area (Å²) in [7, 11) is 1.57. The first kappa shape index (κ1) is 22.4. The van der Waals surface area contributed by atoms with Crippen LogP contribution >= 0.6 is 11.6 Å². The maximum Gasteiger partial charge on any atom is 0.294 e. The van der Waals surface area contributed by atoms with Crippen LogP contribution < -0.4 is 15.4 Å². The lowest BCUT2D eigenvalue weighted by atomic mass is 10.1. The number of primary amides is 1. The number of anilines is 1. The number of ketones is 1. The summed E-state index contributed by atoms with van der Waals surface area (Å²) >= 11 is 5.85. The Labute approximate surface area is 175 Å². The molecule has 0 unspecified atom stereocenters. The van der Waals surface area contributed by atoms with E-state index in [0.29, 0.717) is 41.5 Å². The number of likely N-dealkylation sites (N-methyl/N-ethyl adjacent to an activating group) is 1. The molecule has 2 aromatic carbocycles. The van der Waals surface area contributed by atoms with Gasteiger partial charge in [-0.1, -0.05) is 24.4 Å². The number of ether oxygens (including phenoxy) is 1. The highest BCUT2D eigenvalue weighted by molar-refractivity contribution is 6.41. The van der Waals surface area contributed by atoms with Gasteiger partial charge in [0.1, 0.15) is 11.5 Å². The van der Waals surface area contributed by atoms with Crippen molar-refractivity contribution < 1.29 is 19.1 Å². The number of hydrogen-bond acceptors (Lipinski definition) is 4. The third-order valence-corrected chi connectivity index (χ3v) is 4.65. The molecule has 0 aliphatic carbocycles. The molecular weight excluding hydrogens is 392 g/mol. The van der Waals surface area contributed by atoms with Crippen molar-refractivity contribution >= 4 is 34.9 Å². The Morgan fingerprint density at radius 1 is 0.862 bits per heavy atom. The first-order chi connectivity index (χ1) is 13.9. The molecule has 0 heterocycles. The molecule has 0 bridgehead atoms. The van der Waals surface area contributed by atoms with Gasteiger partial charge in [0.05, 0.1) is 0 Å². The van der Waals surface area contributed by atoms with Crippen molar-refractivity contribution in [3.8, 4) is 11.5 Å². The van der Waals surface area contributed by atoms with E-state index in [1.807, 2.05) is 0 Å². The molecule has 2 aromatic rings. The van der Waals surface area contributed by atoms with Crippen LogP contribution in [0.5, 0.6) is 11.5 Å². The summed E-state index contributed by atoms with van der Waals surface area (Å²) in [5.41, 5.74) is 5.69. The van der Waals surface area contributed by atoms with Crippen LogP contribution in [0, 0.1) is 0 Å². The number of amides is 2. The van der Waals surface area contributed by atoms with Crippen LogP contribution in [0.2, 0.25) is 5.02 Å². The van der Waals surface area contributed by atoms with E-state index >= 15 is 0 Å². The lowest BCUT2D eigenvalue weighted by Gasteiger charge is -2.17. The molecule has 7 heteroatoms. The topological polar surface area (TPSA) is 89.7 Å². The van der Waals surface area contributed by atoms with E-state index < -0.39 is 11.7 Å². The number of nitrogens with two attached hydrogens (primary N) is 1. The van der Waals surface area contributed by atoms with E-state index in [-0.39, 0.29) is 12.3 Å². The molecule has 0 aromatic heterocycles. The van der Waals surface area contributed by atoms with Crippen molar-refractivity contribution in [2.75, 3.05) is 11.9 Å². The first-order valence-corrected chi connectivity index (χ1v) is 9.87. The number of hydrogen-bond donors (Lipinski definition) is 1. The summed E-state index contributed by atoms with van der Waals surface area (Å²) < 4.78 is 5.72. The summed E-state index contributed by atoms with van der Waals surface area (Å²) in [6.07, 6.45) is 3.47. The number of nitrogens with zero attached hydrogens (tertiary/aromatic N) is 1. The quantitative estimate of drug-likeness (QED) is 0.431. The molecule has 0 fully saturated rings. The highest BCUT2D eigenvalue weighted by atomic mass is 35.5.